The van der Waals surface area contributed by atoms with Gasteiger partial charge in [0.15, 0.2) is 0 Å². The fourth-order valence-electron chi connectivity index (χ4n) is 1.45. The number of hydrogen-bond acceptors (Lipinski definition) is 3. The molecule has 94 valence electrons. The van der Waals surface area contributed by atoms with Crippen molar-refractivity contribution in [3.63, 3.8) is 0 Å². The Kier molecular flexibility index (Phi) is 5.44. The molecule has 0 fully saturated rings. The zero-order valence-electron chi connectivity index (χ0n) is 10.4. The molecule has 0 aliphatic carbocycles. The second-order valence-corrected chi connectivity index (χ2v) is 4.70. The predicted octanol–water partition coefficient (Wildman–Crippen LogP) is 0.729. The highest BCUT2D eigenvalue weighted by Crippen LogP contribution is 2.10. The van der Waals surface area contributed by atoms with Crippen LogP contribution in [-0.2, 0) is 9.59 Å². The fourth-order valence-corrected chi connectivity index (χ4v) is 1.45. The number of amides is 1. The summed E-state index contributed by atoms with van der Waals surface area (Å²) in [6, 6.07) is -0.882. The summed E-state index contributed by atoms with van der Waals surface area (Å²) in [5.74, 6) is -1.61. The van der Waals surface area contributed by atoms with Gasteiger partial charge in [0, 0.05) is 0 Å². The third-order valence-corrected chi connectivity index (χ3v) is 2.51. The van der Waals surface area contributed by atoms with Gasteiger partial charge >= 0.3 is 5.97 Å². The lowest BCUT2D eigenvalue weighted by Gasteiger charge is -2.26. The maximum absolute atomic E-state index is 11.8. The van der Waals surface area contributed by atoms with E-state index in [1.165, 1.54) is 0 Å². The first kappa shape index (κ1) is 14.9. The molecule has 0 spiro atoms. The van der Waals surface area contributed by atoms with Crippen LogP contribution in [0.15, 0.2) is 0 Å². The van der Waals surface area contributed by atoms with Gasteiger partial charge < -0.3 is 16.2 Å². The second kappa shape index (κ2) is 5.84. The van der Waals surface area contributed by atoms with Crippen molar-refractivity contribution in [1.29, 1.82) is 0 Å². The van der Waals surface area contributed by atoms with Crippen molar-refractivity contribution < 1.29 is 14.7 Å². The highest BCUT2D eigenvalue weighted by molar-refractivity contribution is 5.89. The van der Waals surface area contributed by atoms with Crippen LogP contribution in [0.5, 0.6) is 0 Å². The van der Waals surface area contributed by atoms with Gasteiger partial charge in [-0.25, -0.2) is 4.79 Å². The standard InChI is InChI=1S/C11H22N2O3/c1-5-6-11(4,12)10(16)13-8(7(2)3)9(14)15/h7-8H,5-6,12H2,1-4H3,(H,13,16)(H,14,15)/t8-,11?/m1/s1. The summed E-state index contributed by atoms with van der Waals surface area (Å²) in [5, 5.41) is 11.4. The van der Waals surface area contributed by atoms with E-state index in [0.29, 0.717) is 6.42 Å². The Labute approximate surface area is 96.4 Å². The van der Waals surface area contributed by atoms with Gasteiger partial charge in [-0.2, -0.15) is 0 Å². The van der Waals surface area contributed by atoms with Crippen LogP contribution in [0.1, 0.15) is 40.5 Å². The SMILES string of the molecule is CCCC(C)(N)C(=O)N[C@@H](C(=O)O)C(C)C. The Hall–Kier alpha value is -1.10. The molecule has 1 amide bonds. The van der Waals surface area contributed by atoms with Gasteiger partial charge in [0.1, 0.15) is 6.04 Å². The number of carboxylic acid groups (broad SMARTS) is 1. The van der Waals surface area contributed by atoms with Crippen LogP contribution in [0.4, 0.5) is 0 Å². The largest absolute Gasteiger partial charge is 0.480 e. The Morgan fingerprint density at radius 3 is 2.25 bits per heavy atom. The van der Waals surface area contributed by atoms with E-state index in [-0.39, 0.29) is 5.92 Å². The van der Waals surface area contributed by atoms with Crippen LogP contribution in [0, 0.1) is 5.92 Å². The summed E-state index contributed by atoms with van der Waals surface area (Å²) in [7, 11) is 0. The van der Waals surface area contributed by atoms with Gasteiger partial charge in [-0.05, 0) is 19.3 Å². The average Bonchev–Trinajstić information content (AvgIpc) is 2.12. The molecule has 0 bridgehead atoms. The van der Waals surface area contributed by atoms with Crippen LogP contribution in [0.2, 0.25) is 0 Å². The molecule has 5 heteroatoms. The van der Waals surface area contributed by atoms with Gasteiger partial charge in [0.25, 0.3) is 0 Å². The maximum atomic E-state index is 11.8. The van der Waals surface area contributed by atoms with E-state index < -0.39 is 23.5 Å². The van der Waals surface area contributed by atoms with Crippen LogP contribution in [0.25, 0.3) is 0 Å². The molecular formula is C11H22N2O3. The molecule has 0 saturated carbocycles. The van der Waals surface area contributed by atoms with Crippen molar-refractivity contribution in [2.45, 2.75) is 52.1 Å². The summed E-state index contributed by atoms with van der Waals surface area (Å²) >= 11 is 0. The molecule has 0 aromatic rings. The van der Waals surface area contributed by atoms with E-state index in [9.17, 15) is 9.59 Å². The zero-order valence-corrected chi connectivity index (χ0v) is 10.4. The summed E-state index contributed by atoms with van der Waals surface area (Å²) in [4.78, 5) is 22.7. The molecule has 0 aromatic carbocycles. The normalized spacial score (nSPS) is 16.6. The van der Waals surface area contributed by atoms with E-state index in [0.717, 1.165) is 6.42 Å². The van der Waals surface area contributed by atoms with Gasteiger partial charge in [-0.15, -0.1) is 0 Å². The first-order valence-corrected chi connectivity index (χ1v) is 5.55. The minimum atomic E-state index is -1.03. The number of carbonyl (C=O) groups excluding carboxylic acids is 1. The minimum absolute atomic E-state index is 0.168. The lowest BCUT2D eigenvalue weighted by Crippen LogP contribution is -2.56. The van der Waals surface area contributed by atoms with E-state index in [1.807, 2.05) is 6.92 Å². The molecule has 0 aliphatic rings. The third kappa shape index (κ3) is 4.18. The molecule has 1 unspecified atom stereocenters. The lowest BCUT2D eigenvalue weighted by molar-refractivity contribution is -0.143. The Bertz CT molecular complexity index is 262. The van der Waals surface area contributed by atoms with Crippen molar-refractivity contribution >= 4 is 11.9 Å². The number of hydrogen-bond donors (Lipinski definition) is 3. The Morgan fingerprint density at radius 1 is 1.44 bits per heavy atom. The quantitative estimate of drug-likeness (QED) is 0.627. The molecule has 0 radical (unpaired) electrons. The fraction of sp³-hybridized carbons (Fsp3) is 0.818. The lowest BCUT2D eigenvalue weighted by atomic mass is 9.95. The summed E-state index contributed by atoms with van der Waals surface area (Å²) in [6.45, 7) is 7.03. The molecule has 2 atom stereocenters. The Morgan fingerprint density at radius 2 is 1.94 bits per heavy atom. The van der Waals surface area contributed by atoms with E-state index in [1.54, 1.807) is 20.8 Å². The molecule has 0 aliphatic heterocycles. The number of carboxylic acids is 1. The molecular weight excluding hydrogens is 208 g/mol. The molecule has 0 saturated heterocycles. The first-order valence-electron chi connectivity index (χ1n) is 5.55. The van der Waals surface area contributed by atoms with Gasteiger partial charge in [0.2, 0.25) is 5.91 Å². The monoisotopic (exact) mass is 230 g/mol. The number of nitrogens with two attached hydrogens (primary N) is 1. The average molecular weight is 230 g/mol. The van der Waals surface area contributed by atoms with E-state index in [2.05, 4.69) is 5.32 Å². The molecule has 0 aromatic heterocycles. The first-order chi connectivity index (χ1) is 7.22. The number of rotatable bonds is 6. The highest BCUT2D eigenvalue weighted by Gasteiger charge is 2.32. The van der Waals surface area contributed by atoms with Gasteiger partial charge in [-0.1, -0.05) is 27.2 Å². The molecule has 0 rings (SSSR count). The number of aliphatic carboxylic acids is 1. The zero-order chi connectivity index (χ0) is 12.9. The number of nitrogens with one attached hydrogen (secondary N) is 1. The summed E-state index contributed by atoms with van der Waals surface area (Å²) in [6.07, 6.45) is 1.31. The predicted molar refractivity (Wildman–Crippen MR) is 61.9 cm³/mol. The third-order valence-electron chi connectivity index (χ3n) is 2.51. The smallest absolute Gasteiger partial charge is 0.326 e. The van der Waals surface area contributed by atoms with Gasteiger partial charge in [-0.3, -0.25) is 4.79 Å². The van der Waals surface area contributed by atoms with Crippen LogP contribution < -0.4 is 11.1 Å². The molecule has 0 heterocycles. The van der Waals surface area contributed by atoms with Crippen LogP contribution in [0.3, 0.4) is 0 Å². The van der Waals surface area contributed by atoms with Crippen molar-refractivity contribution in [3.8, 4) is 0 Å². The molecule has 5 nitrogen and oxygen atoms in total. The van der Waals surface area contributed by atoms with Crippen molar-refractivity contribution in [2.24, 2.45) is 11.7 Å². The minimum Gasteiger partial charge on any atom is -0.480 e. The topological polar surface area (TPSA) is 92.4 Å². The van der Waals surface area contributed by atoms with Crippen LogP contribution >= 0.6 is 0 Å². The molecule has 16 heavy (non-hydrogen) atoms. The summed E-state index contributed by atoms with van der Waals surface area (Å²) < 4.78 is 0. The number of carbonyl (C=O) groups is 2. The van der Waals surface area contributed by atoms with E-state index >= 15 is 0 Å². The summed E-state index contributed by atoms with van der Waals surface area (Å²) in [5.41, 5.74) is 4.81. The van der Waals surface area contributed by atoms with Crippen molar-refractivity contribution in [1.82, 2.24) is 5.32 Å². The molecule has 4 N–H and O–H groups in total. The second-order valence-electron chi connectivity index (χ2n) is 4.70. The maximum Gasteiger partial charge on any atom is 0.326 e. The highest BCUT2D eigenvalue weighted by atomic mass is 16.4. The van der Waals surface area contributed by atoms with Crippen molar-refractivity contribution in [2.75, 3.05) is 0 Å². The van der Waals surface area contributed by atoms with Gasteiger partial charge in [0.05, 0.1) is 5.54 Å². The Balaban J connectivity index is 4.58. The van der Waals surface area contributed by atoms with Crippen molar-refractivity contribution in [3.05, 3.63) is 0 Å². The van der Waals surface area contributed by atoms with Crippen LogP contribution in [-0.4, -0.2) is 28.6 Å². The van der Waals surface area contributed by atoms with E-state index in [4.69, 9.17) is 10.8 Å².